The van der Waals surface area contributed by atoms with Gasteiger partial charge in [0, 0.05) is 30.8 Å². The number of halogens is 3. The van der Waals surface area contributed by atoms with Gasteiger partial charge in [0.2, 0.25) is 0 Å². The Kier molecular flexibility index (Phi) is 4.57. The van der Waals surface area contributed by atoms with E-state index < -0.39 is 11.7 Å². The van der Waals surface area contributed by atoms with Crippen LogP contribution >= 0.6 is 11.8 Å². The molecule has 8 heteroatoms. The van der Waals surface area contributed by atoms with Gasteiger partial charge in [0.25, 0.3) is 0 Å². The molecule has 124 valence electrons. The first kappa shape index (κ1) is 16.5. The lowest BCUT2D eigenvalue weighted by Crippen LogP contribution is -2.04. The van der Waals surface area contributed by atoms with Gasteiger partial charge in [-0.3, -0.25) is 4.98 Å². The van der Waals surface area contributed by atoms with Gasteiger partial charge in [-0.15, -0.1) is 10.2 Å². The van der Waals surface area contributed by atoms with Crippen molar-refractivity contribution >= 4 is 11.8 Å². The Morgan fingerprint density at radius 3 is 2.29 bits per heavy atom. The number of pyridine rings is 1. The third-order valence-corrected chi connectivity index (χ3v) is 4.51. The van der Waals surface area contributed by atoms with E-state index in [0.717, 1.165) is 23.3 Å². The van der Waals surface area contributed by atoms with Crippen LogP contribution in [0, 0.1) is 0 Å². The molecule has 24 heavy (non-hydrogen) atoms. The van der Waals surface area contributed by atoms with E-state index in [-0.39, 0.29) is 0 Å². The number of alkyl halides is 3. The highest BCUT2D eigenvalue weighted by atomic mass is 32.2. The molecule has 0 fully saturated rings. The molecule has 0 radical (unpaired) electrons. The van der Waals surface area contributed by atoms with Crippen LogP contribution in [0.15, 0.2) is 53.9 Å². The van der Waals surface area contributed by atoms with E-state index in [1.54, 1.807) is 12.4 Å². The first-order valence-electron chi connectivity index (χ1n) is 7.04. The molecule has 2 heterocycles. The number of thioether (sulfide) groups is 1. The smallest absolute Gasteiger partial charge is 0.305 e. The third kappa shape index (κ3) is 3.59. The van der Waals surface area contributed by atoms with Crippen LogP contribution in [0.3, 0.4) is 0 Å². The van der Waals surface area contributed by atoms with Gasteiger partial charge >= 0.3 is 6.18 Å². The monoisotopic (exact) mass is 350 g/mol. The maximum atomic E-state index is 12.6. The zero-order chi connectivity index (χ0) is 17.2. The summed E-state index contributed by atoms with van der Waals surface area (Å²) in [6.45, 7) is 0. The van der Waals surface area contributed by atoms with Crippen LogP contribution in [0.25, 0.3) is 11.4 Å². The van der Waals surface area contributed by atoms with Gasteiger partial charge in [0.1, 0.15) is 0 Å². The van der Waals surface area contributed by atoms with Crippen LogP contribution in [-0.2, 0) is 19.0 Å². The minimum Gasteiger partial charge on any atom is -0.305 e. The van der Waals surface area contributed by atoms with Crippen molar-refractivity contribution in [3.8, 4) is 11.4 Å². The normalized spacial score (nSPS) is 11.7. The zero-order valence-corrected chi connectivity index (χ0v) is 13.5. The fourth-order valence-electron chi connectivity index (χ4n) is 2.13. The van der Waals surface area contributed by atoms with E-state index in [4.69, 9.17) is 0 Å². The number of rotatable bonds is 4. The van der Waals surface area contributed by atoms with E-state index >= 15 is 0 Å². The molecule has 0 unspecified atom stereocenters. The van der Waals surface area contributed by atoms with Gasteiger partial charge in [0.05, 0.1) is 5.56 Å². The quantitative estimate of drug-likeness (QED) is 0.662. The van der Waals surface area contributed by atoms with E-state index in [1.165, 1.54) is 23.9 Å². The standard InChI is InChI=1S/C16H13F3N4S/c1-23-14(12-6-8-20-9-7-12)21-22-15(23)24-10-11-2-4-13(5-3-11)16(17,18)19/h2-9H,10H2,1H3. The van der Waals surface area contributed by atoms with Crippen LogP contribution in [0.4, 0.5) is 13.2 Å². The van der Waals surface area contributed by atoms with Crippen molar-refractivity contribution in [3.63, 3.8) is 0 Å². The SMILES string of the molecule is Cn1c(SCc2ccc(C(F)(F)F)cc2)nnc1-c1ccncc1. The Hall–Kier alpha value is -2.35. The third-order valence-electron chi connectivity index (χ3n) is 3.42. The van der Waals surface area contributed by atoms with Crippen LogP contribution < -0.4 is 0 Å². The fourth-order valence-corrected chi connectivity index (χ4v) is 3.00. The summed E-state index contributed by atoms with van der Waals surface area (Å²) < 4.78 is 39.5. The summed E-state index contributed by atoms with van der Waals surface area (Å²) in [5.41, 5.74) is 1.05. The maximum absolute atomic E-state index is 12.6. The zero-order valence-electron chi connectivity index (χ0n) is 12.7. The second-order valence-electron chi connectivity index (χ2n) is 5.08. The molecule has 0 saturated heterocycles. The Morgan fingerprint density at radius 1 is 1.00 bits per heavy atom. The average molecular weight is 350 g/mol. The molecule has 4 nitrogen and oxygen atoms in total. The lowest BCUT2D eigenvalue weighted by atomic mass is 10.1. The van der Waals surface area contributed by atoms with Crippen molar-refractivity contribution in [1.29, 1.82) is 0 Å². The Bertz CT molecular complexity index is 814. The fraction of sp³-hybridized carbons (Fsp3) is 0.188. The highest BCUT2D eigenvalue weighted by molar-refractivity contribution is 7.98. The van der Waals surface area contributed by atoms with Crippen molar-refractivity contribution in [3.05, 3.63) is 59.9 Å². The van der Waals surface area contributed by atoms with Gasteiger partial charge < -0.3 is 4.57 Å². The van der Waals surface area contributed by atoms with E-state index in [2.05, 4.69) is 15.2 Å². The molecule has 0 aliphatic carbocycles. The Morgan fingerprint density at radius 2 is 1.67 bits per heavy atom. The molecule has 0 aliphatic rings. The molecule has 0 aliphatic heterocycles. The van der Waals surface area contributed by atoms with Crippen LogP contribution in [-0.4, -0.2) is 19.7 Å². The number of benzene rings is 1. The second kappa shape index (κ2) is 6.64. The first-order chi connectivity index (χ1) is 11.4. The summed E-state index contributed by atoms with van der Waals surface area (Å²) in [5.74, 6) is 1.23. The van der Waals surface area contributed by atoms with Gasteiger partial charge in [-0.05, 0) is 29.8 Å². The highest BCUT2D eigenvalue weighted by Crippen LogP contribution is 2.30. The molecule has 3 aromatic rings. The minimum atomic E-state index is -4.31. The van der Waals surface area contributed by atoms with E-state index in [9.17, 15) is 13.2 Å². The minimum absolute atomic E-state index is 0.514. The summed E-state index contributed by atoms with van der Waals surface area (Å²) in [5, 5.41) is 9.00. The average Bonchev–Trinajstić information content (AvgIpc) is 2.94. The van der Waals surface area contributed by atoms with Gasteiger partial charge in [-0.1, -0.05) is 23.9 Å². The van der Waals surface area contributed by atoms with Crippen LogP contribution in [0.5, 0.6) is 0 Å². The molecule has 0 saturated carbocycles. The number of aromatic nitrogens is 4. The molecular formula is C16H13F3N4S. The van der Waals surface area contributed by atoms with Crippen LogP contribution in [0.1, 0.15) is 11.1 Å². The van der Waals surface area contributed by atoms with E-state index in [0.29, 0.717) is 16.7 Å². The molecular weight excluding hydrogens is 337 g/mol. The number of hydrogen-bond donors (Lipinski definition) is 0. The Labute approximate surface area is 140 Å². The molecule has 1 aromatic carbocycles. The summed E-state index contributed by atoms with van der Waals surface area (Å²) in [7, 11) is 1.85. The highest BCUT2D eigenvalue weighted by Gasteiger charge is 2.29. The van der Waals surface area contributed by atoms with Crippen molar-refractivity contribution in [2.45, 2.75) is 17.1 Å². The lowest BCUT2D eigenvalue weighted by Gasteiger charge is -2.07. The molecule has 0 N–H and O–H groups in total. The van der Waals surface area contributed by atoms with Gasteiger partial charge in [-0.25, -0.2) is 0 Å². The molecule has 2 aromatic heterocycles. The van der Waals surface area contributed by atoms with Crippen molar-refractivity contribution in [1.82, 2.24) is 19.7 Å². The molecule has 0 amide bonds. The molecule has 0 atom stereocenters. The summed E-state index contributed by atoms with van der Waals surface area (Å²) in [6, 6.07) is 8.83. The lowest BCUT2D eigenvalue weighted by molar-refractivity contribution is -0.137. The molecule has 3 rings (SSSR count). The summed E-state index contributed by atoms with van der Waals surface area (Å²) >= 11 is 1.42. The number of hydrogen-bond acceptors (Lipinski definition) is 4. The van der Waals surface area contributed by atoms with Gasteiger partial charge in [-0.2, -0.15) is 13.2 Å². The molecule has 0 bridgehead atoms. The van der Waals surface area contributed by atoms with Crippen LogP contribution in [0.2, 0.25) is 0 Å². The van der Waals surface area contributed by atoms with Crippen molar-refractivity contribution < 1.29 is 13.2 Å². The largest absolute Gasteiger partial charge is 0.416 e. The Balaban J connectivity index is 1.71. The van der Waals surface area contributed by atoms with E-state index in [1.807, 2.05) is 23.7 Å². The first-order valence-corrected chi connectivity index (χ1v) is 8.02. The summed E-state index contributed by atoms with van der Waals surface area (Å²) in [6.07, 6.45) is -0.952. The van der Waals surface area contributed by atoms with Gasteiger partial charge in [0.15, 0.2) is 11.0 Å². The predicted molar refractivity (Wildman–Crippen MR) is 85.2 cm³/mol. The van der Waals surface area contributed by atoms with Crippen molar-refractivity contribution in [2.75, 3.05) is 0 Å². The predicted octanol–water partition coefficient (Wildman–Crippen LogP) is 4.19. The number of nitrogens with zero attached hydrogens (tertiary/aromatic N) is 4. The maximum Gasteiger partial charge on any atom is 0.416 e. The topological polar surface area (TPSA) is 43.6 Å². The molecule has 0 spiro atoms. The van der Waals surface area contributed by atoms with Crippen molar-refractivity contribution in [2.24, 2.45) is 7.05 Å². The second-order valence-corrected chi connectivity index (χ2v) is 6.03. The summed E-state index contributed by atoms with van der Waals surface area (Å²) in [4.78, 5) is 3.96.